The van der Waals surface area contributed by atoms with Gasteiger partial charge in [0.15, 0.2) is 11.6 Å². The second kappa shape index (κ2) is 12.0. The van der Waals surface area contributed by atoms with Gasteiger partial charge in [0, 0.05) is 36.2 Å². The van der Waals surface area contributed by atoms with Crippen molar-refractivity contribution in [2.24, 2.45) is 0 Å². The molecule has 1 aromatic carbocycles. The number of nitrogens with one attached hydrogen (secondary N) is 2. The Kier molecular flexibility index (Phi) is 8.36. The standard InChI is InChI=1S/C28H26N6O4S2.ClH/c1-16-14-22(36)34(28(16)37)32-26-23-17(2)24(40-27(23)31-25(30-26)20-4-3-13-39-20)18-5-7-19(8-6-18)38-12-11-33-10-9-29-21(35)15-33;/h3-8,13-14H,9-12,15H2,1-2H3,(H,29,35)(H,30,31,32);1H. The molecule has 41 heavy (non-hydrogen) atoms. The van der Waals surface area contributed by atoms with Gasteiger partial charge in [-0.25, -0.2) is 9.97 Å². The van der Waals surface area contributed by atoms with Crippen LogP contribution in [-0.2, 0) is 14.4 Å². The van der Waals surface area contributed by atoms with E-state index in [1.165, 1.54) is 28.7 Å². The molecule has 0 aliphatic carbocycles. The van der Waals surface area contributed by atoms with Crippen LogP contribution < -0.4 is 15.5 Å². The highest BCUT2D eigenvalue weighted by Crippen LogP contribution is 2.42. The van der Waals surface area contributed by atoms with Gasteiger partial charge in [-0.3, -0.25) is 24.7 Å². The molecule has 13 heteroatoms. The van der Waals surface area contributed by atoms with Crippen molar-refractivity contribution in [3.63, 3.8) is 0 Å². The van der Waals surface area contributed by atoms with Gasteiger partial charge >= 0.3 is 0 Å². The van der Waals surface area contributed by atoms with Crippen LogP contribution in [0.15, 0.2) is 53.4 Å². The van der Waals surface area contributed by atoms with Gasteiger partial charge in [-0.2, -0.15) is 5.01 Å². The van der Waals surface area contributed by atoms with E-state index in [9.17, 15) is 14.4 Å². The quantitative estimate of drug-likeness (QED) is 0.284. The summed E-state index contributed by atoms with van der Waals surface area (Å²) in [4.78, 5) is 50.9. The van der Waals surface area contributed by atoms with E-state index in [0.717, 1.165) is 48.4 Å². The van der Waals surface area contributed by atoms with Crippen molar-refractivity contribution in [2.75, 3.05) is 38.2 Å². The number of halogens is 1. The molecular formula is C28H27ClN6O4S2. The Morgan fingerprint density at radius 1 is 1.10 bits per heavy atom. The number of carbonyl (C=O) groups excluding carboxylic acids is 3. The number of aromatic nitrogens is 2. The molecule has 5 heterocycles. The molecule has 3 amide bonds. The van der Waals surface area contributed by atoms with Crippen molar-refractivity contribution >= 4 is 68.8 Å². The van der Waals surface area contributed by atoms with Gasteiger partial charge in [0.2, 0.25) is 5.91 Å². The SMILES string of the molecule is CC1=CC(=O)N(Nc2nc(-c3cccs3)nc3sc(-c4ccc(OCCN5CCNC(=O)C5)cc4)c(C)c23)C1=O.Cl. The van der Waals surface area contributed by atoms with Crippen LogP contribution in [0.2, 0.25) is 0 Å². The van der Waals surface area contributed by atoms with E-state index in [0.29, 0.717) is 43.5 Å². The summed E-state index contributed by atoms with van der Waals surface area (Å²) in [7, 11) is 0. The van der Waals surface area contributed by atoms with E-state index >= 15 is 0 Å². The predicted octanol–water partition coefficient (Wildman–Crippen LogP) is 4.27. The van der Waals surface area contributed by atoms with Crippen LogP contribution in [0.25, 0.3) is 31.4 Å². The maximum atomic E-state index is 12.6. The van der Waals surface area contributed by atoms with E-state index in [2.05, 4.69) is 15.6 Å². The summed E-state index contributed by atoms with van der Waals surface area (Å²) in [5.74, 6) is 0.896. The van der Waals surface area contributed by atoms with Crippen molar-refractivity contribution in [2.45, 2.75) is 13.8 Å². The minimum absolute atomic E-state index is 0. The Bertz CT molecular complexity index is 1650. The van der Waals surface area contributed by atoms with Gasteiger partial charge in [0.25, 0.3) is 11.8 Å². The number of rotatable bonds is 8. The van der Waals surface area contributed by atoms with Crippen LogP contribution >= 0.6 is 35.1 Å². The molecule has 0 atom stereocenters. The highest BCUT2D eigenvalue weighted by atomic mass is 35.5. The van der Waals surface area contributed by atoms with Crippen LogP contribution in [0.1, 0.15) is 12.5 Å². The van der Waals surface area contributed by atoms with Crippen molar-refractivity contribution in [1.29, 1.82) is 0 Å². The second-order valence-electron chi connectivity index (χ2n) is 9.53. The van der Waals surface area contributed by atoms with Gasteiger partial charge in [0.05, 0.1) is 16.8 Å². The van der Waals surface area contributed by atoms with Gasteiger partial charge in [0.1, 0.15) is 17.2 Å². The number of benzene rings is 1. The van der Waals surface area contributed by atoms with E-state index < -0.39 is 11.8 Å². The van der Waals surface area contributed by atoms with Crippen molar-refractivity contribution in [1.82, 2.24) is 25.2 Å². The van der Waals surface area contributed by atoms with Crippen molar-refractivity contribution in [3.8, 4) is 26.9 Å². The van der Waals surface area contributed by atoms with Gasteiger partial charge in [-0.1, -0.05) is 6.07 Å². The fourth-order valence-corrected chi connectivity index (χ4v) is 6.53. The lowest BCUT2D eigenvalue weighted by Gasteiger charge is -2.26. The van der Waals surface area contributed by atoms with Crippen LogP contribution in [0.3, 0.4) is 0 Å². The number of hydrogen-bond acceptors (Lipinski definition) is 10. The number of thiophene rings is 2. The number of hydrazine groups is 1. The van der Waals surface area contributed by atoms with Gasteiger partial charge in [-0.05, 0) is 60.7 Å². The molecule has 0 unspecified atom stereocenters. The average Bonchev–Trinajstić information content (AvgIpc) is 3.65. The van der Waals surface area contributed by atoms with E-state index in [-0.39, 0.29) is 18.3 Å². The van der Waals surface area contributed by atoms with Crippen molar-refractivity contribution in [3.05, 3.63) is 59.0 Å². The molecule has 10 nitrogen and oxygen atoms in total. The fourth-order valence-electron chi connectivity index (χ4n) is 4.69. The average molecular weight is 611 g/mol. The first-order valence-electron chi connectivity index (χ1n) is 12.8. The zero-order chi connectivity index (χ0) is 27.8. The number of amides is 3. The zero-order valence-corrected chi connectivity index (χ0v) is 24.8. The van der Waals surface area contributed by atoms with Crippen LogP contribution in [-0.4, -0.2) is 70.4 Å². The lowest BCUT2D eigenvalue weighted by atomic mass is 10.1. The molecule has 1 saturated heterocycles. The Morgan fingerprint density at radius 3 is 2.59 bits per heavy atom. The Labute approximate surface area is 250 Å². The van der Waals surface area contributed by atoms with Gasteiger partial charge < -0.3 is 10.1 Å². The smallest absolute Gasteiger partial charge is 0.275 e. The largest absolute Gasteiger partial charge is 0.492 e. The van der Waals surface area contributed by atoms with E-state index in [1.54, 1.807) is 6.92 Å². The summed E-state index contributed by atoms with van der Waals surface area (Å²) < 4.78 is 5.93. The summed E-state index contributed by atoms with van der Waals surface area (Å²) in [6.07, 6.45) is 1.31. The number of hydrogen-bond donors (Lipinski definition) is 2. The lowest BCUT2D eigenvalue weighted by Crippen LogP contribution is -2.48. The molecule has 2 aliphatic heterocycles. The Balaban J connectivity index is 0.00000337. The maximum Gasteiger partial charge on any atom is 0.275 e. The highest BCUT2D eigenvalue weighted by Gasteiger charge is 2.30. The number of piperazine rings is 1. The molecular weight excluding hydrogens is 584 g/mol. The van der Waals surface area contributed by atoms with E-state index in [4.69, 9.17) is 14.7 Å². The Hall–Kier alpha value is -3.84. The summed E-state index contributed by atoms with van der Waals surface area (Å²) in [5.41, 5.74) is 5.29. The highest BCUT2D eigenvalue weighted by molar-refractivity contribution is 7.22. The fraction of sp³-hybridized carbons (Fsp3) is 0.250. The first kappa shape index (κ1) is 28.7. The monoisotopic (exact) mass is 610 g/mol. The minimum Gasteiger partial charge on any atom is -0.492 e. The molecule has 2 N–H and O–H groups in total. The molecule has 0 bridgehead atoms. The third kappa shape index (κ3) is 5.82. The topological polar surface area (TPSA) is 117 Å². The number of aryl methyl sites for hydroxylation is 1. The van der Waals surface area contributed by atoms with Gasteiger partial charge in [-0.15, -0.1) is 35.1 Å². The third-order valence-corrected chi connectivity index (χ3v) is 8.86. The first-order valence-corrected chi connectivity index (χ1v) is 14.5. The normalized spacial score (nSPS) is 15.6. The number of carbonyl (C=O) groups is 3. The summed E-state index contributed by atoms with van der Waals surface area (Å²) in [6.45, 7) is 6.67. The summed E-state index contributed by atoms with van der Waals surface area (Å²) in [6, 6.07) is 11.7. The summed E-state index contributed by atoms with van der Waals surface area (Å²) in [5, 5.41) is 6.53. The minimum atomic E-state index is -0.431. The van der Waals surface area contributed by atoms with Crippen LogP contribution in [0.4, 0.5) is 5.82 Å². The van der Waals surface area contributed by atoms with Crippen LogP contribution in [0.5, 0.6) is 5.75 Å². The molecule has 0 spiro atoms. The number of nitrogens with zero attached hydrogens (tertiary/aromatic N) is 4. The molecule has 6 rings (SSSR count). The van der Waals surface area contributed by atoms with Crippen LogP contribution in [0, 0.1) is 6.92 Å². The maximum absolute atomic E-state index is 12.6. The molecule has 2 aliphatic rings. The summed E-state index contributed by atoms with van der Waals surface area (Å²) >= 11 is 3.05. The van der Waals surface area contributed by atoms with E-state index in [1.807, 2.05) is 48.7 Å². The third-order valence-electron chi connectivity index (χ3n) is 6.76. The molecule has 4 aromatic rings. The molecule has 3 aromatic heterocycles. The second-order valence-corrected chi connectivity index (χ2v) is 11.5. The zero-order valence-electron chi connectivity index (χ0n) is 22.3. The number of imide groups is 1. The number of anilines is 1. The molecule has 1 fully saturated rings. The lowest BCUT2D eigenvalue weighted by molar-refractivity contribution is -0.135. The molecule has 0 saturated carbocycles. The number of ether oxygens (including phenoxy) is 1. The predicted molar refractivity (Wildman–Crippen MR) is 162 cm³/mol. The first-order chi connectivity index (χ1) is 19.4. The molecule has 0 radical (unpaired) electrons. The number of fused-ring (bicyclic) bond motifs is 1. The Morgan fingerprint density at radius 2 is 1.90 bits per heavy atom. The molecule has 212 valence electrons. The van der Waals surface area contributed by atoms with Crippen molar-refractivity contribution < 1.29 is 19.1 Å².